The lowest BCUT2D eigenvalue weighted by atomic mass is 10.2. The maximum absolute atomic E-state index is 11.7. The minimum atomic E-state index is -0.00151. The lowest BCUT2D eigenvalue weighted by Gasteiger charge is -2.12. The van der Waals surface area contributed by atoms with Crippen molar-refractivity contribution in [1.29, 1.82) is 0 Å². The van der Waals surface area contributed by atoms with E-state index in [0.29, 0.717) is 11.4 Å². The molecule has 0 heterocycles. The molecule has 2 N–H and O–H groups in total. The number of hydrogen-bond acceptors (Lipinski definition) is 2. The van der Waals surface area contributed by atoms with Gasteiger partial charge in [0, 0.05) is 23.2 Å². The molecule has 0 fully saturated rings. The Labute approximate surface area is 108 Å². The van der Waals surface area contributed by atoms with Crippen LogP contribution in [0.25, 0.3) is 0 Å². The molecule has 94 valence electrons. The molecule has 0 aromatic heterocycles. The molecule has 1 amide bonds. The molecule has 4 heteroatoms. The fourth-order valence-corrected chi connectivity index (χ4v) is 1.76. The van der Waals surface area contributed by atoms with E-state index in [9.17, 15) is 4.79 Å². The van der Waals surface area contributed by atoms with Crippen molar-refractivity contribution in [2.24, 2.45) is 0 Å². The van der Waals surface area contributed by atoms with Crippen molar-refractivity contribution >= 4 is 23.2 Å². The van der Waals surface area contributed by atoms with Crippen molar-refractivity contribution in [2.45, 2.75) is 33.2 Å². The number of nitrogens with one attached hydrogen (secondary N) is 2. The van der Waals surface area contributed by atoms with E-state index in [2.05, 4.69) is 10.6 Å². The minimum Gasteiger partial charge on any atom is -0.326 e. The summed E-state index contributed by atoms with van der Waals surface area (Å²) in [5, 5.41) is 6.70. The van der Waals surface area contributed by atoms with Crippen molar-refractivity contribution in [3.05, 3.63) is 28.8 Å². The summed E-state index contributed by atoms with van der Waals surface area (Å²) in [6, 6.07) is 5.70. The number of rotatable bonds is 5. The second-order valence-corrected chi connectivity index (χ2v) is 4.58. The zero-order chi connectivity index (χ0) is 12.8. The average molecular weight is 255 g/mol. The van der Waals surface area contributed by atoms with Gasteiger partial charge in [0.25, 0.3) is 0 Å². The Bertz CT molecular complexity index is 393. The lowest BCUT2D eigenvalue weighted by Crippen LogP contribution is -2.30. The van der Waals surface area contributed by atoms with Gasteiger partial charge in [0.15, 0.2) is 0 Å². The Hall–Kier alpha value is -1.06. The highest BCUT2D eigenvalue weighted by Gasteiger charge is 2.08. The highest BCUT2D eigenvalue weighted by Crippen LogP contribution is 2.20. The number of carbonyl (C=O) groups excluding carboxylic acids is 1. The second kappa shape index (κ2) is 6.62. The molecule has 0 bridgehead atoms. The molecule has 1 rings (SSSR count). The molecule has 1 atom stereocenters. The fraction of sp³-hybridized carbons (Fsp3) is 0.462. The fourth-order valence-electron chi connectivity index (χ4n) is 1.58. The third kappa shape index (κ3) is 4.75. The topological polar surface area (TPSA) is 41.1 Å². The molecule has 1 aromatic carbocycles. The maximum Gasteiger partial charge on any atom is 0.225 e. The van der Waals surface area contributed by atoms with E-state index >= 15 is 0 Å². The molecule has 0 saturated heterocycles. The van der Waals surface area contributed by atoms with Gasteiger partial charge < -0.3 is 10.6 Å². The summed E-state index contributed by atoms with van der Waals surface area (Å²) in [7, 11) is 0. The molecular weight excluding hydrogens is 236 g/mol. The van der Waals surface area contributed by atoms with E-state index < -0.39 is 0 Å². The standard InChI is InChI=1S/C13H19ClN2O/c1-4-15-10(3)7-13(17)16-11-6-5-9(2)12(14)8-11/h5-6,8,10,15H,4,7H2,1-3H3,(H,16,17). The van der Waals surface area contributed by atoms with Crippen molar-refractivity contribution < 1.29 is 4.79 Å². The predicted octanol–water partition coefficient (Wildman–Crippen LogP) is 2.98. The van der Waals surface area contributed by atoms with Gasteiger partial charge in [0.05, 0.1) is 0 Å². The molecule has 0 aliphatic heterocycles. The van der Waals surface area contributed by atoms with Gasteiger partial charge in [-0.25, -0.2) is 0 Å². The van der Waals surface area contributed by atoms with Crippen molar-refractivity contribution in [3.8, 4) is 0 Å². The minimum absolute atomic E-state index is 0.00151. The normalized spacial score (nSPS) is 12.2. The Balaban J connectivity index is 2.53. The van der Waals surface area contributed by atoms with Gasteiger partial charge in [-0.05, 0) is 38.1 Å². The van der Waals surface area contributed by atoms with E-state index in [1.807, 2.05) is 32.9 Å². The predicted molar refractivity (Wildman–Crippen MR) is 72.6 cm³/mol. The van der Waals surface area contributed by atoms with Crippen LogP contribution in [-0.2, 0) is 4.79 Å². The molecule has 1 unspecified atom stereocenters. The van der Waals surface area contributed by atoms with Gasteiger partial charge in [-0.2, -0.15) is 0 Å². The summed E-state index contributed by atoms with van der Waals surface area (Å²) in [5.41, 5.74) is 1.75. The Morgan fingerprint density at radius 1 is 1.47 bits per heavy atom. The first-order valence-corrected chi connectivity index (χ1v) is 6.20. The molecule has 1 aromatic rings. The first-order valence-electron chi connectivity index (χ1n) is 5.82. The first-order chi connectivity index (χ1) is 8.02. The zero-order valence-corrected chi connectivity index (χ0v) is 11.3. The van der Waals surface area contributed by atoms with Crippen molar-refractivity contribution in [2.75, 3.05) is 11.9 Å². The molecule has 17 heavy (non-hydrogen) atoms. The number of anilines is 1. The average Bonchev–Trinajstić information content (AvgIpc) is 2.23. The third-order valence-electron chi connectivity index (χ3n) is 2.50. The van der Waals surface area contributed by atoms with E-state index in [1.54, 1.807) is 6.07 Å². The molecule has 3 nitrogen and oxygen atoms in total. The highest BCUT2D eigenvalue weighted by molar-refractivity contribution is 6.31. The summed E-state index contributed by atoms with van der Waals surface area (Å²) in [6.07, 6.45) is 0.458. The quantitative estimate of drug-likeness (QED) is 0.848. The van der Waals surface area contributed by atoms with Crippen LogP contribution < -0.4 is 10.6 Å². The van der Waals surface area contributed by atoms with Gasteiger partial charge in [-0.3, -0.25) is 4.79 Å². The molecule has 0 saturated carbocycles. The summed E-state index contributed by atoms with van der Waals surface area (Å²) < 4.78 is 0. The molecule has 0 aliphatic carbocycles. The molecule has 0 spiro atoms. The molecular formula is C13H19ClN2O. The van der Waals surface area contributed by atoms with Crippen LogP contribution in [-0.4, -0.2) is 18.5 Å². The smallest absolute Gasteiger partial charge is 0.225 e. The van der Waals surface area contributed by atoms with Crippen LogP contribution in [0, 0.1) is 6.92 Å². The number of amides is 1. The maximum atomic E-state index is 11.7. The van der Waals surface area contributed by atoms with Crippen LogP contribution in [0.5, 0.6) is 0 Å². The van der Waals surface area contributed by atoms with E-state index in [1.165, 1.54) is 0 Å². The Morgan fingerprint density at radius 3 is 2.76 bits per heavy atom. The van der Waals surface area contributed by atoms with Crippen molar-refractivity contribution in [3.63, 3.8) is 0 Å². The van der Waals surface area contributed by atoms with Crippen LogP contribution in [0.4, 0.5) is 5.69 Å². The van der Waals surface area contributed by atoms with E-state index in [-0.39, 0.29) is 11.9 Å². The van der Waals surface area contributed by atoms with Crippen LogP contribution in [0.2, 0.25) is 5.02 Å². The van der Waals surface area contributed by atoms with Crippen molar-refractivity contribution in [1.82, 2.24) is 5.32 Å². The molecule has 0 aliphatic rings. The largest absolute Gasteiger partial charge is 0.326 e. The van der Waals surface area contributed by atoms with Gasteiger partial charge in [-0.15, -0.1) is 0 Å². The number of benzene rings is 1. The van der Waals surface area contributed by atoms with Crippen LogP contribution in [0.3, 0.4) is 0 Å². The van der Waals surface area contributed by atoms with E-state index in [4.69, 9.17) is 11.6 Å². The van der Waals surface area contributed by atoms with Gasteiger partial charge in [0.1, 0.15) is 0 Å². The van der Waals surface area contributed by atoms with Crippen LogP contribution >= 0.6 is 11.6 Å². The first kappa shape index (κ1) is 14.0. The zero-order valence-electron chi connectivity index (χ0n) is 10.5. The van der Waals surface area contributed by atoms with Gasteiger partial charge >= 0.3 is 0 Å². The van der Waals surface area contributed by atoms with E-state index in [0.717, 1.165) is 17.8 Å². The SMILES string of the molecule is CCNC(C)CC(=O)Nc1ccc(C)c(Cl)c1. The lowest BCUT2D eigenvalue weighted by molar-refractivity contribution is -0.116. The van der Waals surface area contributed by atoms with Crippen LogP contribution in [0.1, 0.15) is 25.8 Å². The summed E-state index contributed by atoms with van der Waals surface area (Å²) >= 11 is 5.99. The number of hydrogen-bond donors (Lipinski definition) is 2. The second-order valence-electron chi connectivity index (χ2n) is 4.17. The highest BCUT2D eigenvalue weighted by atomic mass is 35.5. The number of carbonyl (C=O) groups is 1. The van der Waals surface area contributed by atoms with Gasteiger partial charge in [0.2, 0.25) is 5.91 Å². The summed E-state index contributed by atoms with van der Waals surface area (Å²) in [4.78, 5) is 11.7. The molecule has 0 radical (unpaired) electrons. The van der Waals surface area contributed by atoms with Gasteiger partial charge in [-0.1, -0.05) is 24.6 Å². The Kier molecular flexibility index (Phi) is 5.45. The Morgan fingerprint density at radius 2 is 2.18 bits per heavy atom. The number of halogens is 1. The summed E-state index contributed by atoms with van der Waals surface area (Å²) in [6.45, 7) is 6.81. The van der Waals surface area contributed by atoms with Crippen LogP contribution in [0.15, 0.2) is 18.2 Å². The number of aryl methyl sites for hydroxylation is 1. The monoisotopic (exact) mass is 254 g/mol. The summed E-state index contributed by atoms with van der Waals surface area (Å²) in [5.74, 6) is -0.00151. The third-order valence-corrected chi connectivity index (χ3v) is 2.91.